The Hall–Kier alpha value is -1.23. The average Bonchev–Trinajstić information content (AvgIpc) is 2.37. The molecule has 0 aliphatic heterocycles. The lowest BCUT2D eigenvalue weighted by Crippen LogP contribution is -1.99. The number of para-hydroxylation sites is 2. The van der Waals surface area contributed by atoms with Crippen molar-refractivity contribution in [3.8, 4) is 11.5 Å². The number of methoxy groups -OCH3 is 2. The molecule has 0 spiro atoms. The van der Waals surface area contributed by atoms with Gasteiger partial charge in [0.05, 0.1) is 20.3 Å². The molecule has 0 bridgehead atoms. The molecule has 1 rings (SSSR count). The highest BCUT2D eigenvalue weighted by atomic mass is 35.7. The Labute approximate surface area is 127 Å². The summed E-state index contributed by atoms with van der Waals surface area (Å²) in [4.78, 5) is 11.1. The molecule has 0 saturated heterocycles. The molecule has 0 saturated carbocycles. The third-order valence-corrected chi connectivity index (χ3v) is 3.83. The number of esters is 1. The van der Waals surface area contributed by atoms with Crippen LogP contribution in [0.5, 0.6) is 11.5 Å². The van der Waals surface area contributed by atoms with E-state index in [0.717, 1.165) is 6.08 Å². The number of benzene rings is 1. The second-order valence-electron chi connectivity index (χ2n) is 3.54. The van der Waals surface area contributed by atoms with Crippen molar-refractivity contribution in [3.63, 3.8) is 0 Å². The molecule has 1 aromatic rings. The number of hydrogen-bond donors (Lipinski definition) is 0. The second kappa shape index (κ2) is 7.53. The molecule has 1 aromatic carbocycles. The first kappa shape index (κ1) is 16.8. The maximum atomic E-state index is 11.1. The molecule has 0 amide bonds. The molecule has 0 radical (unpaired) electrons. The van der Waals surface area contributed by atoms with Crippen LogP contribution in [0.15, 0.2) is 36.1 Å². The van der Waals surface area contributed by atoms with E-state index in [9.17, 15) is 4.79 Å². The topological polar surface area (TPSA) is 54.0 Å². The van der Waals surface area contributed by atoms with Gasteiger partial charge in [0.1, 0.15) is 5.76 Å². The zero-order valence-corrected chi connectivity index (χ0v) is 13.6. The van der Waals surface area contributed by atoms with Crippen LogP contribution in [0.25, 0.3) is 0 Å². The molecule has 1 atom stereocenters. The van der Waals surface area contributed by atoms with Gasteiger partial charge in [-0.25, -0.2) is 4.79 Å². The highest BCUT2D eigenvalue weighted by Crippen LogP contribution is 2.56. The number of rotatable bonds is 6. The van der Waals surface area contributed by atoms with Gasteiger partial charge in [-0.1, -0.05) is 12.1 Å². The fraction of sp³-hybridized carbons (Fsp3) is 0.250. The van der Waals surface area contributed by atoms with E-state index in [4.69, 9.17) is 36.8 Å². The predicted molar refractivity (Wildman–Crippen MR) is 80.6 cm³/mol. The SMILES string of the molecule is COC(=O)C=C(C)OP(=S)(Cl)Oc1ccccc1OC. The van der Waals surface area contributed by atoms with E-state index in [0.29, 0.717) is 11.5 Å². The summed E-state index contributed by atoms with van der Waals surface area (Å²) >= 11 is 11.1. The van der Waals surface area contributed by atoms with Gasteiger partial charge in [0.2, 0.25) is 0 Å². The first-order chi connectivity index (χ1) is 9.38. The van der Waals surface area contributed by atoms with Crippen molar-refractivity contribution in [3.05, 3.63) is 36.1 Å². The molecule has 0 aromatic heterocycles. The monoisotopic (exact) mass is 336 g/mol. The lowest BCUT2D eigenvalue weighted by atomic mass is 10.3. The van der Waals surface area contributed by atoms with Gasteiger partial charge in [0.15, 0.2) is 11.5 Å². The molecule has 0 N–H and O–H groups in total. The smallest absolute Gasteiger partial charge is 0.384 e. The molecular weight excluding hydrogens is 323 g/mol. The van der Waals surface area contributed by atoms with E-state index >= 15 is 0 Å². The number of halogens is 1. The van der Waals surface area contributed by atoms with Crippen LogP contribution < -0.4 is 9.26 Å². The van der Waals surface area contributed by atoms with Gasteiger partial charge in [0, 0.05) is 11.8 Å². The quantitative estimate of drug-likeness (QED) is 0.342. The zero-order valence-electron chi connectivity index (χ0n) is 11.2. The molecular formula is C12H14ClO5PS. The van der Waals surface area contributed by atoms with Crippen molar-refractivity contribution in [1.29, 1.82) is 0 Å². The van der Waals surface area contributed by atoms with Gasteiger partial charge in [0.25, 0.3) is 0 Å². The summed E-state index contributed by atoms with van der Waals surface area (Å²) < 4.78 is 20.3. The second-order valence-corrected chi connectivity index (χ2v) is 8.15. The highest BCUT2D eigenvalue weighted by Gasteiger charge is 2.21. The minimum absolute atomic E-state index is 0.213. The summed E-state index contributed by atoms with van der Waals surface area (Å²) in [7, 11) is 2.76. The van der Waals surface area contributed by atoms with Gasteiger partial charge in [-0.05, 0) is 30.3 Å². The van der Waals surface area contributed by atoms with Crippen LogP contribution in [0, 0.1) is 0 Å². The van der Waals surface area contributed by atoms with Crippen LogP contribution in [0.3, 0.4) is 0 Å². The summed E-state index contributed by atoms with van der Waals surface area (Å²) in [5, 5.41) is 0. The molecule has 0 aliphatic carbocycles. The Balaban J connectivity index is 2.82. The van der Waals surface area contributed by atoms with E-state index in [1.165, 1.54) is 21.1 Å². The fourth-order valence-electron chi connectivity index (χ4n) is 1.25. The normalized spacial score (nSPS) is 14.1. The van der Waals surface area contributed by atoms with Crippen molar-refractivity contribution in [1.82, 2.24) is 0 Å². The standard InChI is InChI=1S/C12H14ClO5PS/c1-9(8-12(14)16-3)17-19(13,20)18-11-7-5-4-6-10(11)15-2/h4-8H,1-3H3. The van der Waals surface area contributed by atoms with Gasteiger partial charge < -0.3 is 18.5 Å². The van der Waals surface area contributed by atoms with E-state index in [-0.39, 0.29) is 5.76 Å². The summed E-state index contributed by atoms with van der Waals surface area (Å²) in [6.45, 7) is 1.53. The van der Waals surface area contributed by atoms with Crippen molar-refractivity contribution < 1.29 is 23.3 Å². The maximum Gasteiger partial charge on any atom is 0.384 e. The van der Waals surface area contributed by atoms with Crippen molar-refractivity contribution >= 4 is 34.9 Å². The van der Waals surface area contributed by atoms with Crippen LogP contribution in [0.2, 0.25) is 0 Å². The highest BCUT2D eigenvalue weighted by molar-refractivity contribution is 8.22. The van der Waals surface area contributed by atoms with Crippen molar-refractivity contribution in [2.45, 2.75) is 6.92 Å². The van der Waals surface area contributed by atoms with Gasteiger partial charge in [-0.3, -0.25) is 0 Å². The largest absolute Gasteiger partial charge is 0.493 e. The zero-order chi connectivity index (χ0) is 15.2. The third-order valence-electron chi connectivity index (χ3n) is 2.05. The summed E-state index contributed by atoms with van der Waals surface area (Å²) in [5.74, 6) is -2.62. The third kappa shape index (κ3) is 5.41. The molecule has 8 heteroatoms. The Morgan fingerprint density at radius 2 is 1.90 bits per heavy atom. The summed E-state index contributed by atoms with van der Waals surface area (Å²) in [5.41, 5.74) is 0. The van der Waals surface area contributed by atoms with Crippen LogP contribution in [-0.4, -0.2) is 20.2 Å². The first-order valence-electron chi connectivity index (χ1n) is 5.46. The molecule has 20 heavy (non-hydrogen) atoms. The number of allylic oxidation sites excluding steroid dienone is 1. The molecule has 0 fully saturated rings. The minimum Gasteiger partial charge on any atom is -0.493 e. The average molecular weight is 337 g/mol. The first-order valence-corrected chi connectivity index (χ1v) is 9.00. The van der Waals surface area contributed by atoms with E-state index < -0.39 is 11.8 Å². The number of carbonyl (C=O) groups excluding carboxylic acids is 1. The minimum atomic E-state index is -3.13. The molecule has 5 nitrogen and oxygen atoms in total. The molecule has 1 unspecified atom stereocenters. The Morgan fingerprint density at radius 1 is 1.30 bits per heavy atom. The molecule has 110 valence electrons. The van der Waals surface area contributed by atoms with E-state index in [2.05, 4.69) is 4.74 Å². The maximum absolute atomic E-state index is 11.1. The number of carbonyl (C=O) groups is 1. The van der Waals surface area contributed by atoms with Crippen molar-refractivity contribution in [2.75, 3.05) is 14.2 Å². The number of ether oxygens (including phenoxy) is 2. The Kier molecular flexibility index (Phi) is 6.33. The Morgan fingerprint density at radius 3 is 2.45 bits per heavy atom. The van der Waals surface area contributed by atoms with Crippen LogP contribution in [0.4, 0.5) is 0 Å². The lowest BCUT2D eigenvalue weighted by Gasteiger charge is -2.18. The van der Waals surface area contributed by atoms with Crippen LogP contribution in [-0.2, 0) is 25.9 Å². The Bertz CT molecular complexity index is 561. The van der Waals surface area contributed by atoms with Crippen LogP contribution >= 0.6 is 17.1 Å². The summed E-state index contributed by atoms with van der Waals surface area (Å²) in [6, 6.07) is 6.90. The fourth-order valence-corrected chi connectivity index (χ4v) is 3.22. The summed E-state index contributed by atoms with van der Waals surface area (Å²) in [6.07, 6.45) is 1.13. The molecule has 0 heterocycles. The van der Waals surface area contributed by atoms with Gasteiger partial charge >= 0.3 is 11.8 Å². The lowest BCUT2D eigenvalue weighted by molar-refractivity contribution is -0.135. The van der Waals surface area contributed by atoms with Crippen molar-refractivity contribution in [2.24, 2.45) is 0 Å². The van der Waals surface area contributed by atoms with E-state index in [1.807, 2.05) is 0 Å². The number of hydrogen-bond acceptors (Lipinski definition) is 6. The molecule has 0 aliphatic rings. The van der Waals surface area contributed by atoms with Gasteiger partial charge in [-0.2, -0.15) is 0 Å². The van der Waals surface area contributed by atoms with E-state index in [1.54, 1.807) is 24.3 Å². The predicted octanol–water partition coefficient (Wildman–Crippen LogP) is 3.63. The van der Waals surface area contributed by atoms with Crippen LogP contribution in [0.1, 0.15) is 6.92 Å². The van der Waals surface area contributed by atoms with Gasteiger partial charge in [-0.15, -0.1) is 0 Å².